The van der Waals surface area contributed by atoms with E-state index in [4.69, 9.17) is 4.74 Å². The zero-order chi connectivity index (χ0) is 18.0. The Balaban J connectivity index is 1.85. The Hall–Kier alpha value is -2.76. The van der Waals surface area contributed by atoms with Gasteiger partial charge >= 0.3 is 0 Å². The number of hydrogen-bond donors (Lipinski definition) is 0. The van der Waals surface area contributed by atoms with E-state index in [1.807, 2.05) is 26.0 Å². The number of amides is 1. The van der Waals surface area contributed by atoms with Gasteiger partial charge in [0.15, 0.2) is 6.29 Å². The Labute approximate surface area is 145 Å². The molecule has 1 amide bonds. The highest BCUT2D eigenvalue weighted by molar-refractivity contribution is 6.00. The first-order valence-corrected chi connectivity index (χ1v) is 8.10. The quantitative estimate of drug-likeness (QED) is 0.756. The molecule has 0 aliphatic carbocycles. The maximum atomic E-state index is 12.7. The molecule has 0 N–H and O–H groups in total. The summed E-state index contributed by atoms with van der Waals surface area (Å²) >= 11 is 0. The molecule has 6 heteroatoms. The molecule has 1 atom stereocenters. The van der Waals surface area contributed by atoms with Crippen molar-refractivity contribution >= 4 is 12.2 Å². The molecule has 1 aliphatic heterocycles. The number of aldehydes is 1. The van der Waals surface area contributed by atoms with Gasteiger partial charge in [-0.1, -0.05) is 12.1 Å². The van der Waals surface area contributed by atoms with Gasteiger partial charge in [-0.2, -0.15) is 0 Å². The molecular formula is C19H19FN2O3. The molecule has 2 aromatic rings. The smallest absolute Gasteiger partial charge is 0.255 e. The lowest BCUT2D eigenvalue weighted by molar-refractivity contribution is 0.0715. The second kappa shape index (κ2) is 7.01. The van der Waals surface area contributed by atoms with Crippen molar-refractivity contribution in [2.75, 3.05) is 13.3 Å². The summed E-state index contributed by atoms with van der Waals surface area (Å²) in [5.41, 5.74) is 3.35. The lowest BCUT2D eigenvalue weighted by atomic mass is 10.0. The van der Waals surface area contributed by atoms with E-state index in [0.29, 0.717) is 35.4 Å². The molecule has 25 heavy (non-hydrogen) atoms. The van der Waals surface area contributed by atoms with E-state index in [1.165, 1.54) is 6.20 Å². The molecule has 0 spiro atoms. The molecule has 0 saturated heterocycles. The van der Waals surface area contributed by atoms with Crippen LogP contribution in [0.15, 0.2) is 30.5 Å². The third kappa shape index (κ3) is 3.12. The van der Waals surface area contributed by atoms with Crippen LogP contribution in [0.1, 0.15) is 50.5 Å². The maximum absolute atomic E-state index is 12.7. The number of carbonyl (C=O) groups is 2. The molecule has 1 aromatic heterocycles. The van der Waals surface area contributed by atoms with Crippen molar-refractivity contribution in [1.29, 1.82) is 0 Å². The molecule has 0 bridgehead atoms. The van der Waals surface area contributed by atoms with Gasteiger partial charge in [0.25, 0.3) is 5.91 Å². The van der Waals surface area contributed by atoms with Crippen LogP contribution in [-0.2, 0) is 6.54 Å². The van der Waals surface area contributed by atoms with Crippen molar-refractivity contribution in [3.05, 3.63) is 58.4 Å². The van der Waals surface area contributed by atoms with Crippen LogP contribution in [0.3, 0.4) is 0 Å². The highest BCUT2D eigenvalue weighted by Crippen LogP contribution is 2.33. The summed E-state index contributed by atoms with van der Waals surface area (Å²) in [5, 5.41) is 0. The number of pyridine rings is 1. The summed E-state index contributed by atoms with van der Waals surface area (Å²) in [7, 11) is 0. The fourth-order valence-corrected chi connectivity index (χ4v) is 3.11. The molecule has 3 rings (SSSR count). The normalized spacial score (nSPS) is 14.4. The Bertz CT molecular complexity index is 822. The Morgan fingerprint density at radius 1 is 1.40 bits per heavy atom. The van der Waals surface area contributed by atoms with Gasteiger partial charge in [0, 0.05) is 23.9 Å². The lowest BCUT2D eigenvalue weighted by Crippen LogP contribution is -2.27. The predicted molar refractivity (Wildman–Crippen MR) is 90.6 cm³/mol. The van der Waals surface area contributed by atoms with Crippen molar-refractivity contribution in [3.8, 4) is 5.75 Å². The lowest BCUT2D eigenvalue weighted by Gasteiger charge is -2.25. The highest BCUT2D eigenvalue weighted by Gasteiger charge is 2.33. The van der Waals surface area contributed by atoms with E-state index in [9.17, 15) is 14.0 Å². The van der Waals surface area contributed by atoms with Crippen molar-refractivity contribution in [2.24, 2.45) is 0 Å². The second-order valence-electron chi connectivity index (χ2n) is 6.01. The van der Waals surface area contributed by atoms with Gasteiger partial charge in [-0.05, 0) is 37.1 Å². The van der Waals surface area contributed by atoms with Gasteiger partial charge in [0.05, 0.1) is 6.04 Å². The first kappa shape index (κ1) is 17.1. The van der Waals surface area contributed by atoms with Gasteiger partial charge in [0.2, 0.25) is 0 Å². The van der Waals surface area contributed by atoms with E-state index < -0.39 is 6.67 Å². The highest BCUT2D eigenvalue weighted by atomic mass is 19.1. The SMILES string of the molecule is Cc1cc(C(C)N2Cc3c(ccnc3C=O)C2=O)ccc1OCCF. The van der Waals surface area contributed by atoms with E-state index in [-0.39, 0.29) is 18.6 Å². The topological polar surface area (TPSA) is 59.5 Å². The van der Waals surface area contributed by atoms with Crippen LogP contribution in [-0.4, -0.2) is 35.4 Å². The number of ether oxygens (including phenoxy) is 1. The van der Waals surface area contributed by atoms with Gasteiger partial charge < -0.3 is 9.64 Å². The van der Waals surface area contributed by atoms with Crippen molar-refractivity contribution < 1.29 is 18.7 Å². The summed E-state index contributed by atoms with van der Waals surface area (Å²) in [6.07, 6.45) is 2.16. The van der Waals surface area contributed by atoms with Gasteiger partial charge in [-0.3, -0.25) is 14.6 Å². The number of carbonyl (C=O) groups excluding carboxylic acids is 2. The molecule has 0 radical (unpaired) electrons. The van der Waals surface area contributed by atoms with Crippen LogP contribution in [0, 0.1) is 6.92 Å². The summed E-state index contributed by atoms with van der Waals surface area (Å²) in [4.78, 5) is 29.6. The molecule has 5 nitrogen and oxygen atoms in total. The first-order chi connectivity index (χ1) is 12.1. The Morgan fingerprint density at radius 3 is 2.88 bits per heavy atom. The number of halogens is 1. The van der Waals surface area contributed by atoms with Crippen molar-refractivity contribution in [2.45, 2.75) is 26.4 Å². The standard InChI is InChI=1S/C19H19FN2O3/c1-12-9-14(3-4-18(12)25-8-6-20)13(2)22-10-16-15(19(22)24)5-7-21-17(16)11-23/h3-5,7,9,11,13H,6,8,10H2,1-2H3. The monoisotopic (exact) mass is 342 g/mol. The molecule has 1 aromatic carbocycles. The third-order valence-electron chi connectivity index (χ3n) is 4.50. The average Bonchev–Trinajstić information content (AvgIpc) is 2.97. The van der Waals surface area contributed by atoms with Crippen LogP contribution in [0.25, 0.3) is 0 Å². The van der Waals surface area contributed by atoms with Crippen LogP contribution < -0.4 is 4.74 Å². The van der Waals surface area contributed by atoms with Gasteiger partial charge in [-0.25, -0.2) is 4.39 Å². The molecular weight excluding hydrogens is 323 g/mol. The zero-order valence-corrected chi connectivity index (χ0v) is 14.2. The first-order valence-electron chi connectivity index (χ1n) is 8.10. The van der Waals surface area contributed by atoms with Crippen LogP contribution >= 0.6 is 0 Å². The number of alkyl halides is 1. The van der Waals surface area contributed by atoms with E-state index in [1.54, 1.807) is 17.0 Å². The minimum absolute atomic E-state index is 0.0249. The van der Waals surface area contributed by atoms with E-state index in [2.05, 4.69) is 4.98 Å². The van der Waals surface area contributed by atoms with E-state index >= 15 is 0 Å². The largest absolute Gasteiger partial charge is 0.491 e. The number of fused-ring (bicyclic) bond motifs is 1. The maximum Gasteiger partial charge on any atom is 0.255 e. The molecule has 2 heterocycles. The molecule has 0 saturated carbocycles. The summed E-state index contributed by atoms with van der Waals surface area (Å²) < 4.78 is 17.6. The van der Waals surface area contributed by atoms with Gasteiger partial charge in [0.1, 0.15) is 24.7 Å². The van der Waals surface area contributed by atoms with Crippen LogP contribution in [0.5, 0.6) is 5.75 Å². The average molecular weight is 342 g/mol. The zero-order valence-electron chi connectivity index (χ0n) is 14.2. The Morgan fingerprint density at radius 2 is 2.20 bits per heavy atom. The number of aryl methyl sites for hydroxylation is 1. The predicted octanol–water partition coefficient (Wildman–Crippen LogP) is 3.27. The number of hydrogen-bond acceptors (Lipinski definition) is 4. The van der Waals surface area contributed by atoms with E-state index in [0.717, 1.165) is 11.1 Å². The van der Waals surface area contributed by atoms with Crippen molar-refractivity contribution in [1.82, 2.24) is 9.88 Å². The number of rotatable bonds is 6. The minimum Gasteiger partial charge on any atom is -0.491 e. The number of aromatic nitrogens is 1. The fraction of sp³-hybridized carbons (Fsp3) is 0.316. The number of nitrogens with zero attached hydrogens (tertiary/aromatic N) is 2. The molecule has 1 aliphatic rings. The fourth-order valence-electron chi connectivity index (χ4n) is 3.11. The Kier molecular flexibility index (Phi) is 4.79. The minimum atomic E-state index is -0.536. The number of benzene rings is 1. The molecule has 1 unspecified atom stereocenters. The molecule has 130 valence electrons. The second-order valence-corrected chi connectivity index (χ2v) is 6.01. The van der Waals surface area contributed by atoms with Crippen LogP contribution in [0.2, 0.25) is 0 Å². The summed E-state index contributed by atoms with van der Waals surface area (Å²) in [6, 6.07) is 7.08. The van der Waals surface area contributed by atoms with Crippen LogP contribution in [0.4, 0.5) is 4.39 Å². The summed E-state index contributed by atoms with van der Waals surface area (Å²) in [5.74, 6) is 0.528. The molecule has 0 fully saturated rings. The van der Waals surface area contributed by atoms with Crippen molar-refractivity contribution in [3.63, 3.8) is 0 Å². The third-order valence-corrected chi connectivity index (χ3v) is 4.50. The van der Waals surface area contributed by atoms with Gasteiger partial charge in [-0.15, -0.1) is 0 Å². The summed E-state index contributed by atoms with van der Waals surface area (Å²) in [6.45, 7) is 3.67.